The highest BCUT2D eigenvalue weighted by molar-refractivity contribution is 6.44. The molecule has 54 valence electrons. The maximum Gasteiger partial charge on any atom is 0.110 e. The molecule has 3 heteroatoms. The van der Waals surface area contributed by atoms with Gasteiger partial charge in [-0.15, -0.1) is 23.2 Å². The van der Waals surface area contributed by atoms with Crippen molar-refractivity contribution in [3.63, 3.8) is 0 Å². The zero-order valence-electron chi connectivity index (χ0n) is 5.53. The minimum Gasteiger partial charge on any atom is -0.367 e. The van der Waals surface area contributed by atoms with Gasteiger partial charge in [-0.3, -0.25) is 0 Å². The molecule has 1 unspecified atom stereocenters. The first-order chi connectivity index (χ1) is 4.02. The lowest BCUT2D eigenvalue weighted by atomic mass is 10.1. The van der Waals surface area contributed by atoms with Crippen LogP contribution in [0.3, 0.4) is 0 Å². The fraction of sp³-hybridized carbons (Fsp3) is 1.00. The summed E-state index contributed by atoms with van der Waals surface area (Å²) in [6.45, 7) is 4.07. The van der Waals surface area contributed by atoms with E-state index in [4.69, 9.17) is 27.9 Å². The number of alkyl halides is 2. The van der Waals surface area contributed by atoms with Crippen molar-refractivity contribution in [3.8, 4) is 0 Å². The van der Waals surface area contributed by atoms with Crippen molar-refractivity contribution in [2.75, 3.05) is 0 Å². The van der Waals surface area contributed by atoms with Crippen LogP contribution in [0.15, 0.2) is 0 Å². The molecule has 1 nitrogen and oxygen atoms in total. The smallest absolute Gasteiger partial charge is 0.110 e. The molecule has 1 saturated heterocycles. The van der Waals surface area contributed by atoms with Crippen LogP contribution in [0.5, 0.6) is 0 Å². The van der Waals surface area contributed by atoms with Crippen molar-refractivity contribution in [3.05, 3.63) is 0 Å². The predicted octanol–water partition coefficient (Wildman–Crippen LogP) is 2.36. The molecule has 1 atom stereocenters. The van der Waals surface area contributed by atoms with Crippen LogP contribution in [0.2, 0.25) is 0 Å². The number of epoxide rings is 1. The average Bonchev–Trinajstić information content (AvgIpc) is 2.10. The maximum absolute atomic E-state index is 5.53. The molecule has 0 aromatic heterocycles. The Balaban J connectivity index is 2.20. The quantitative estimate of drug-likeness (QED) is 0.456. The van der Waals surface area contributed by atoms with Crippen LogP contribution in [-0.2, 0) is 4.74 Å². The minimum absolute atomic E-state index is 0.0298. The van der Waals surface area contributed by atoms with Crippen LogP contribution in [-0.4, -0.2) is 16.5 Å². The summed E-state index contributed by atoms with van der Waals surface area (Å²) >= 11 is 11.1. The molecule has 0 aromatic carbocycles. The third-order valence-electron chi connectivity index (χ3n) is 1.56. The van der Waals surface area contributed by atoms with E-state index in [1.165, 1.54) is 0 Å². The van der Waals surface area contributed by atoms with Crippen LogP contribution in [0, 0.1) is 0 Å². The molecular weight excluding hydrogens is 159 g/mol. The standard InChI is InChI=1S/C6H10Cl2O/c1-6(2)4(9-6)3-5(7)8/h4-5H,3H2,1-2H3. The Morgan fingerprint density at radius 3 is 2.11 bits per heavy atom. The molecule has 1 heterocycles. The molecule has 0 spiro atoms. The maximum atomic E-state index is 5.53. The second-order valence-electron chi connectivity index (χ2n) is 2.84. The lowest BCUT2D eigenvalue weighted by Crippen LogP contribution is -2.05. The van der Waals surface area contributed by atoms with Crippen molar-refractivity contribution in [1.29, 1.82) is 0 Å². The van der Waals surface area contributed by atoms with Crippen molar-refractivity contribution >= 4 is 23.2 Å². The number of hydrogen-bond acceptors (Lipinski definition) is 1. The van der Waals surface area contributed by atoms with Crippen LogP contribution in [0.1, 0.15) is 20.3 Å². The van der Waals surface area contributed by atoms with Gasteiger partial charge in [0.25, 0.3) is 0 Å². The van der Waals surface area contributed by atoms with Gasteiger partial charge in [-0.05, 0) is 13.8 Å². The van der Waals surface area contributed by atoms with Crippen LogP contribution in [0.25, 0.3) is 0 Å². The van der Waals surface area contributed by atoms with Crippen LogP contribution < -0.4 is 0 Å². The Kier molecular flexibility index (Phi) is 1.95. The van der Waals surface area contributed by atoms with E-state index in [9.17, 15) is 0 Å². The molecule has 1 fully saturated rings. The first-order valence-electron chi connectivity index (χ1n) is 2.98. The molecule has 0 radical (unpaired) electrons. The van der Waals surface area contributed by atoms with E-state index in [0.717, 1.165) is 6.42 Å². The third kappa shape index (κ3) is 1.99. The van der Waals surface area contributed by atoms with Gasteiger partial charge in [0.1, 0.15) is 4.84 Å². The summed E-state index contributed by atoms with van der Waals surface area (Å²) < 4.78 is 5.25. The van der Waals surface area contributed by atoms with E-state index >= 15 is 0 Å². The molecule has 9 heavy (non-hydrogen) atoms. The molecule has 1 aliphatic heterocycles. The number of hydrogen-bond donors (Lipinski definition) is 0. The highest BCUT2D eigenvalue weighted by atomic mass is 35.5. The molecular formula is C6H10Cl2O. The summed E-state index contributed by atoms with van der Waals surface area (Å²) in [7, 11) is 0. The Labute approximate surface area is 65.3 Å². The molecule has 0 saturated carbocycles. The summed E-state index contributed by atoms with van der Waals surface area (Å²) in [5, 5.41) is 0. The van der Waals surface area contributed by atoms with E-state index in [-0.39, 0.29) is 16.5 Å². The van der Waals surface area contributed by atoms with Crippen molar-refractivity contribution in [1.82, 2.24) is 0 Å². The topological polar surface area (TPSA) is 12.5 Å². The van der Waals surface area contributed by atoms with Crippen LogP contribution >= 0.6 is 23.2 Å². The zero-order chi connectivity index (χ0) is 7.07. The molecule has 0 N–H and O–H groups in total. The fourth-order valence-corrected chi connectivity index (χ4v) is 1.15. The van der Waals surface area contributed by atoms with E-state index in [2.05, 4.69) is 0 Å². The highest BCUT2D eigenvalue weighted by Gasteiger charge is 2.47. The summed E-state index contributed by atoms with van der Waals surface area (Å²) in [4.78, 5) is -0.281. The first-order valence-corrected chi connectivity index (χ1v) is 3.85. The fourth-order valence-electron chi connectivity index (χ4n) is 0.826. The third-order valence-corrected chi connectivity index (χ3v) is 1.91. The van der Waals surface area contributed by atoms with Gasteiger partial charge >= 0.3 is 0 Å². The Morgan fingerprint density at radius 2 is 2.00 bits per heavy atom. The van der Waals surface area contributed by atoms with E-state index in [1.54, 1.807) is 0 Å². The van der Waals surface area contributed by atoms with Gasteiger partial charge in [0.2, 0.25) is 0 Å². The Bertz CT molecular complexity index is 112. The van der Waals surface area contributed by atoms with Gasteiger partial charge in [0, 0.05) is 6.42 Å². The number of ether oxygens (including phenoxy) is 1. The van der Waals surface area contributed by atoms with Gasteiger partial charge in [-0.25, -0.2) is 0 Å². The molecule has 0 aromatic rings. The van der Waals surface area contributed by atoms with E-state index < -0.39 is 0 Å². The summed E-state index contributed by atoms with van der Waals surface area (Å²) in [5.74, 6) is 0. The molecule has 0 aliphatic carbocycles. The highest BCUT2D eigenvalue weighted by Crippen LogP contribution is 2.39. The largest absolute Gasteiger partial charge is 0.367 e. The summed E-state index contributed by atoms with van der Waals surface area (Å²) in [6, 6.07) is 0. The van der Waals surface area contributed by atoms with E-state index in [0.29, 0.717) is 0 Å². The minimum atomic E-state index is -0.281. The van der Waals surface area contributed by atoms with Gasteiger partial charge in [0.05, 0.1) is 11.7 Å². The number of halogens is 2. The lowest BCUT2D eigenvalue weighted by Gasteiger charge is -1.96. The van der Waals surface area contributed by atoms with Gasteiger partial charge in [-0.2, -0.15) is 0 Å². The number of rotatable bonds is 2. The summed E-state index contributed by atoms with van der Waals surface area (Å²) in [5.41, 5.74) is 0.0298. The zero-order valence-corrected chi connectivity index (χ0v) is 7.04. The Morgan fingerprint density at radius 1 is 1.56 bits per heavy atom. The predicted molar refractivity (Wildman–Crippen MR) is 39.1 cm³/mol. The Hall–Kier alpha value is 0.540. The summed E-state index contributed by atoms with van der Waals surface area (Å²) in [6.07, 6.45) is 1.02. The first kappa shape index (κ1) is 7.64. The van der Waals surface area contributed by atoms with Crippen molar-refractivity contribution in [2.24, 2.45) is 0 Å². The normalized spacial score (nSPS) is 31.0. The molecule has 0 bridgehead atoms. The molecule has 0 amide bonds. The molecule has 1 aliphatic rings. The van der Waals surface area contributed by atoms with Gasteiger partial charge in [-0.1, -0.05) is 0 Å². The second kappa shape index (κ2) is 2.30. The van der Waals surface area contributed by atoms with Crippen molar-refractivity contribution in [2.45, 2.75) is 36.8 Å². The van der Waals surface area contributed by atoms with Crippen molar-refractivity contribution < 1.29 is 4.74 Å². The average molecular weight is 169 g/mol. The monoisotopic (exact) mass is 168 g/mol. The second-order valence-corrected chi connectivity index (χ2v) is 4.11. The lowest BCUT2D eigenvalue weighted by molar-refractivity contribution is 0.321. The SMILES string of the molecule is CC1(C)OC1CC(Cl)Cl. The van der Waals surface area contributed by atoms with E-state index in [1.807, 2.05) is 13.8 Å². The van der Waals surface area contributed by atoms with Gasteiger partial charge in [0.15, 0.2) is 0 Å². The molecule has 1 rings (SSSR count). The van der Waals surface area contributed by atoms with Crippen LogP contribution in [0.4, 0.5) is 0 Å². The van der Waals surface area contributed by atoms with Gasteiger partial charge < -0.3 is 4.74 Å².